The number of hydrogen-bond donors (Lipinski definition) is 1. The fraction of sp³-hybridized carbons (Fsp3) is 0.350. The molecule has 0 radical (unpaired) electrons. The third-order valence-corrected chi connectivity index (χ3v) is 4.93. The van der Waals surface area contributed by atoms with Crippen LogP contribution in [-0.4, -0.2) is 33.1 Å². The average Bonchev–Trinajstić information content (AvgIpc) is 3.25. The third-order valence-electron chi connectivity index (χ3n) is 4.93. The number of nitrogens with zero attached hydrogens (tertiary/aromatic N) is 4. The first-order chi connectivity index (χ1) is 13.0. The van der Waals surface area contributed by atoms with Gasteiger partial charge in [-0.15, -0.1) is 0 Å². The summed E-state index contributed by atoms with van der Waals surface area (Å²) in [5, 5.41) is 3.33. The Morgan fingerprint density at radius 2 is 2.11 bits per heavy atom. The molecule has 1 amide bonds. The zero-order valence-corrected chi connectivity index (χ0v) is 15.7. The Balaban J connectivity index is 1.56. The number of aromatic nitrogens is 3. The molecule has 0 bridgehead atoms. The fourth-order valence-corrected chi connectivity index (χ4v) is 3.33. The van der Waals surface area contributed by atoms with Crippen molar-refractivity contribution >= 4 is 23.4 Å². The molecule has 3 aromatic heterocycles. The molecular formula is C20H23N5O2. The summed E-state index contributed by atoms with van der Waals surface area (Å²) in [5.74, 6) is 1.32. The van der Waals surface area contributed by atoms with Gasteiger partial charge < -0.3 is 14.5 Å². The number of carbonyl (C=O) groups is 1. The molecule has 1 aliphatic rings. The highest BCUT2D eigenvalue weighted by molar-refractivity contribution is 5.89. The van der Waals surface area contributed by atoms with Crippen molar-refractivity contribution in [3.8, 4) is 0 Å². The average molecular weight is 365 g/mol. The van der Waals surface area contributed by atoms with Crippen LogP contribution in [0.4, 0.5) is 16.6 Å². The van der Waals surface area contributed by atoms with Gasteiger partial charge in [0.1, 0.15) is 12.4 Å². The summed E-state index contributed by atoms with van der Waals surface area (Å²) in [4.78, 5) is 22.7. The van der Waals surface area contributed by atoms with Crippen LogP contribution >= 0.6 is 0 Å². The molecule has 1 aliphatic heterocycles. The minimum absolute atomic E-state index is 0.0190. The first-order valence-corrected chi connectivity index (χ1v) is 9.15. The van der Waals surface area contributed by atoms with Crippen LogP contribution in [0.2, 0.25) is 0 Å². The molecule has 4 rings (SSSR count). The Labute approximate surface area is 158 Å². The summed E-state index contributed by atoms with van der Waals surface area (Å²) < 4.78 is 7.30. The van der Waals surface area contributed by atoms with E-state index in [2.05, 4.69) is 58.8 Å². The van der Waals surface area contributed by atoms with Crippen LogP contribution in [0.3, 0.4) is 0 Å². The number of ether oxygens (including phenoxy) is 1. The molecule has 1 N–H and O–H groups in total. The van der Waals surface area contributed by atoms with Gasteiger partial charge in [-0.3, -0.25) is 4.90 Å². The van der Waals surface area contributed by atoms with E-state index in [0.29, 0.717) is 18.4 Å². The van der Waals surface area contributed by atoms with E-state index in [4.69, 9.17) is 4.74 Å². The van der Waals surface area contributed by atoms with Crippen LogP contribution in [0.25, 0.3) is 5.52 Å². The molecule has 27 heavy (non-hydrogen) atoms. The molecule has 0 aromatic carbocycles. The van der Waals surface area contributed by atoms with Crippen molar-refractivity contribution in [1.29, 1.82) is 0 Å². The largest absolute Gasteiger partial charge is 0.447 e. The fourth-order valence-electron chi connectivity index (χ4n) is 3.33. The summed E-state index contributed by atoms with van der Waals surface area (Å²) in [7, 11) is 0. The number of cyclic esters (lactones) is 1. The van der Waals surface area contributed by atoms with Gasteiger partial charge in [-0.05, 0) is 42.7 Å². The normalized spacial score (nSPS) is 18.1. The zero-order chi connectivity index (χ0) is 19.0. The lowest BCUT2D eigenvalue weighted by Gasteiger charge is -2.23. The summed E-state index contributed by atoms with van der Waals surface area (Å²) in [6, 6.07) is 9.96. The Morgan fingerprint density at radius 1 is 1.26 bits per heavy atom. The van der Waals surface area contributed by atoms with Gasteiger partial charge in [-0.1, -0.05) is 19.9 Å². The van der Waals surface area contributed by atoms with E-state index in [1.807, 2.05) is 18.3 Å². The highest BCUT2D eigenvalue weighted by Gasteiger charge is 2.37. The number of rotatable bonds is 5. The lowest BCUT2D eigenvalue weighted by molar-refractivity contribution is 0.177. The number of amides is 1. The van der Waals surface area contributed by atoms with Crippen LogP contribution in [0.15, 0.2) is 48.9 Å². The van der Waals surface area contributed by atoms with E-state index in [-0.39, 0.29) is 24.1 Å². The highest BCUT2D eigenvalue weighted by atomic mass is 16.6. The Bertz CT molecular complexity index is 935. The molecule has 4 heterocycles. The number of carbonyl (C=O) groups excluding carboxylic acids is 1. The van der Waals surface area contributed by atoms with Crippen LogP contribution in [0.5, 0.6) is 0 Å². The lowest BCUT2D eigenvalue weighted by atomic mass is 10.0. The second-order valence-electron chi connectivity index (χ2n) is 7.17. The standard InChI is InChI=1S/C20H23N5O2/c1-13(2)17-12-27-20(26)25(17)18-7-8-21-19(23-18)22-14(3)15-10-16-6-4-5-9-24(16)11-15/h4-11,13-14,17H,12H2,1-3H3,(H,21,22,23)/t14-,17?/m0/s1. The molecule has 1 fully saturated rings. The SMILES string of the molecule is CC(C)C1COC(=O)N1c1ccnc(N[C@@H](C)c2cc3ccccn3c2)n1. The van der Waals surface area contributed by atoms with E-state index in [1.54, 1.807) is 17.2 Å². The molecule has 1 unspecified atom stereocenters. The molecule has 0 aliphatic carbocycles. The summed E-state index contributed by atoms with van der Waals surface area (Å²) in [5.41, 5.74) is 2.27. The van der Waals surface area contributed by atoms with Gasteiger partial charge in [-0.25, -0.2) is 9.78 Å². The summed E-state index contributed by atoms with van der Waals surface area (Å²) >= 11 is 0. The summed E-state index contributed by atoms with van der Waals surface area (Å²) in [6.45, 7) is 6.59. The maximum atomic E-state index is 12.2. The molecule has 0 spiro atoms. The zero-order valence-electron chi connectivity index (χ0n) is 15.7. The molecule has 7 heteroatoms. The van der Waals surface area contributed by atoms with Gasteiger partial charge in [0.2, 0.25) is 5.95 Å². The Kier molecular flexibility index (Phi) is 4.43. The maximum Gasteiger partial charge on any atom is 0.415 e. The van der Waals surface area contributed by atoms with Crippen molar-refractivity contribution in [3.63, 3.8) is 0 Å². The van der Waals surface area contributed by atoms with E-state index < -0.39 is 0 Å². The topological polar surface area (TPSA) is 71.8 Å². The van der Waals surface area contributed by atoms with Crippen molar-refractivity contribution in [2.75, 3.05) is 16.8 Å². The van der Waals surface area contributed by atoms with Crippen LogP contribution in [0, 0.1) is 5.92 Å². The van der Waals surface area contributed by atoms with Gasteiger partial charge in [0.15, 0.2) is 0 Å². The van der Waals surface area contributed by atoms with Crippen molar-refractivity contribution in [2.24, 2.45) is 5.92 Å². The van der Waals surface area contributed by atoms with E-state index in [0.717, 1.165) is 11.1 Å². The number of nitrogens with one attached hydrogen (secondary N) is 1. The molecular weight excluding hydrogens is 342 g/mol. The number of hydrogen-bond acceptors (Lipinski definition) is 5. The highest BCUT2D eigenvalue weighted by Crippen LogP contribution is 2.27. The van der Waals surface area contributed by atoms with Gasteiger partial charge in [0.25, 0.3) is 0 Å². The molecule has 1 saturated heterocycles. The number of pyridine rings is 1. The van der Waals surface area contributed by atoms with Crippen LogP contribution < -0.4 is 10.2 Å². The van der Waals surface area contributed by atoms with E-state index in [9.17, 15) is 4.79 Å². The van der Waals surface area contributed by atoms with Gasteiger partial charge >= 0.3 is 6.09 Å². The minimum atomic E-state index is -0.356. The first-order valence-electron chi connectivity index (χ1n) is 9.15. The van der Waals surface area contributed by atoms with Crippen molar-refractivity contribution in [2.45, 2.75) is 32.9 Å². The maximum absolute atomic E-state index is 12.2. The predicted octanol–water partition coefficient (Wildman–Crippen LogP) is 3.88. The molecule has 2 atom stereocenters. The quantitative estimate of drug-likeness (QED) is 0.743. The van der Waals surface area contributed by atoms with Crippen molar-refractivity contribution in [3.05, 3.63) is 54.5 Å². The first kappa shape index (κ1) is 17.3. The number of anilines is 2. The molecule has 7 nitrogen and oxygen atoms in total. The second-order valence-corrected chi connectivity index (χ2v) is 7.17. The summed E-state index contributed by atoms with van der Waals surface area (Å²) in [6.07, 6.45) is 5.42. The van der Waals surface area contributed by atoms with Crippen molar-refractivity contribution in [1.82, 2.24) is 14.4 Å². The van der Waals surface area contributed by atoms with Crippen molar-refractivity contribution < 1.29 is 9.53 Å². The molecule has 140 valence electrons. The molecule has 0 saturated carbocycles. The smallest absolute Gasteiger partial charge is 0.415 e. The molecule has 3 aromatic rings. The van der Waals surface area contributed by atoms with E-state index >= 15 is 0 Å². The van der Waals surface area contributed by atoms with Crippen LogP contribution in [-0.2, 0) is 4.74 Å². The minimum Gasteiger partial charge on any atom is -0.447 e. The van der Waals surface area contributed by atoms with Gasteiger partial charge in [0, 0.05) is 24.1 Å². The Morgan fingerprint density at radius 3 is 2.89 bits per heavy atom. The number of fused-ring (bicyclic) bond motifs is 1. The lowest BCUT2D eigenvalue weighted by Crippen LogP contribution is -2.37. The Hall–Kier alpha value is -3.09. The second kappa shape index (κ2) is 6.90. The van der Waals surface area contributed by atoms with Crippen LogP contribution in [0.1, 0.15) is 32.4 Å². The predicted molar refractivity (Wildman–Crippen MR) is 104 cm³/mol. The monoisotopic (exact) mass is 365 g/mol. The van der Waals surface area contributed by atoms with E-state index in [1.165, 1.54) is 0 Å². The van der Waals surface area contributed by atoms with Gasteiger partial charge in [-0.2, -0.15) is 4.98 Å². The third kappa shape index (κ3) is 3.32. The van der Waals surface area contributed by atoms with Gasteiger partial charge in [0.05, 0.1) is 12.1 Å².